The molecule has 1 N–H and O–H groups in total. The Balaban J connectivity index is 2.62. The summed E-state index contributed by atoms with van der Waals surface area (Å²) >= 11 is 3.46. The van der Waals surface area contributed by atoms with E-state index in [2.05, 4.69) is 59.4 Å². The van der Waals surface area contributed by atoms with Gasteiger partial charge in [-0.3, -0.25) is 0 Å². The molecule has 0 heterocycles. The van der Waals surface area contributed by atoms with E-state index < -0.39 is 0 Å². The molecule has 0 bridgehead atoms. The number of hydrogen-bond acceptors (Lipinski definition) is 1. The molecule has 1 rings (SSSR count). The van der Waals surface area contributed by atoms with Gasteiger partial charge in [-0.2, -0.15) is 0 Å². The lowest BCUT2D eigenvalue weighted by molar-refractivity contribution is 0.381. The molecule has 1 aromatic rings. The smallest absolute Gasteiger partial charge is 0.0175 e. The number of benzene rings is 1. The highest BCUT2D eigenvalue weighted by atomic mass is 79.9. The van der Waals surface area contributed by atoms with Gasteiger partial charge in [-0.1, -0.05) is 41.4 Å². The summed E-state index contributed by atoms with van der Waals surface area (Å²) in [5.74, 6) is 0.719. The van der Waals surface area contributed by atoms with Crippen molar-refractivity contribution >= 4 is 15.9 Å². The first-order valence-electron chi connectivity index (χ1n) is 5.59. The quantitative estimate of drug-likeness (QED) is 0.861. The van der Waals surface area contributed by atoms with Crippen LogP contribution in [0.3, 0.4) is 0 Å². The van der Waals surface area contributed by atoms with E-state index in [0.717, 1.165) is 16.8 Å². The van der Waals surface area contributed by atoms with Gasteiger partial charge in [0.15, 0.2) is 0 Å². The minimum atomic E-state index is 0.582. The molecular weight excluding hydrogens is 250 g/mol. The highest BCUT2D eigenvalue weighted by molar-refractivity contribution is 9.10. The van der Waals surface area contributed by atoms with Crippen molar-refractivity contribution in [3.05, 3.63) is 34.3 Å². The van der Waals surface area contributed by atoms with Gasteiger partial charge in [0.1, 0.15) is 0 Å². The van der Waals surface area contributed by atoms with Gasteiger partial charge in [0.2, 0.25) is 0 Å². The summed E-state index contributed by atoms with van der Waals surface area (Å²) in [6.07, 6.45) is 2.38. The Kier molecular flexibility index (Phi) is 5.34. The van der Waals surface area contributed by atoms with Crippen LogP contribution in [-0.4, -0.2) is 13.1 Å². The first kappa shape index (κ1) is 12.7. The average Bonchev–Trinajstić information content (AvgIpc) is 2.27. The van der Waals surface area contributed by atoms with Crippen LogP contribution in [0.2, 0.25) is 0 Å². The first-order valence-corrected chi connectivity index (χ1v) is 6.38. The maximum absolute atomic E-state index is 3.46. The van der Waals surface area contributed by atoms with E-state index in [-0.39, 0.29) is 0 Å². The van der Waals surface area contributed by atoms with Crippen LogP contribution in [0.15, 0.2) is 28.7 Å². The first-order chi connectivity index (χ1) is 7.17. The molecule has 84 valence electrons. The van der Waals surface area contributed by atoms with Gasteiger partial charge in [0, 0.05) is 10.5 Å². The molecule has 2 heteroatoms. The molecule has 0 saturated carbocycles. The van der Waals surface area contributed by atoms with Crippen molar-refractivity contribution in [2.75, 3.05) is 7.05 Å². The van der Waals surface area contributed by atoms with Crippen molar-refractivity contribution in [3.63, 3.8) is 0 Å². The molecule has 2 atom stereocenters. The summed E-state index contributed by atoms with van der Waals surface area (Å²) in [4.78, 5) is 0. The Morgan fingerprint density at radius 1 is 1.27 bits per heavy atom. The number of hydrogen-bond donors (Lipinski definition) is 1. The Labute approximate surface area is 101 Å². The van der Waals surface area contributed by atoms with Crippen LogP contribution in [0.5, 0.6) is 0 Å². The fourth-order valence-corrected chi connectivity index (χ4v) is 2.10. The third-order valence-electron chi connectivity index (χ3n) is 3.10. The topological polar surface area (TPSA) is 12.0 Å². The van der Waals surface area contributed by atoms with E-state index in [4.69, 9.17) is 0 Å². The molecule has 0 spiro atoms. The van der Waals surface area contributed by atoms with E-state index in [1.54, 1.807) is 0 Å². The molecule has 2 unspecified atom stereocenters. The van der Waals surface area contributed by atoms with Gasteiger partial charge in [-0.05, 0) is 44.0 Å². The normalized spacial score (nSPS) is 14.9. The summed E-state index contributed by atoms with van der Waals surface area (Å²) in [6.45, 7) is 4.52. The van der Waals surface area contributed by atoms with Gasteiger partial charge in [0.25, 0.3) is 0 Å². The fourth-order valence-electron chi connectivity index (χ4n) is 1.83. The monoisotopic (exact) mass is 269 g/mol. The van der Waals surface area contributed by atoms with Crippen molar-refractivity contribution in [1.82, 2.24) is 5.32 Å². The van der Waals surface area contributed by atoms with Crippen molar-refractivity contribution in [3.8, 4) is 0 Å². The predicted molar refractivity (Wildman–Crippen MR) is 70.1 cm³/mol. The summed E-state index contributed by atoms with van der Waals surface area (Å²) in [5, 5.41) is 3.34. The van der Waals surface area contributed by atoms with Gasteiger partial charge in [-0.15, -0.1) is 0 Å². The highest BCUT2D eigenvalue weighted by Crippen LogP contribution is 2.18. The molecule has 1 aromatic carbocycles. The van der Waals surface area contributed by atoms with Gasteiger partial charge in [0.05, 0.1) is 0 Å². The molecular formula is C13H20BrN. The second kappa shape index (κ2) is 6.29. The minimum Gasteiger partial charge on any atom is -0.317 e. The molecule has 0 saturated heterocycles. The number of nitrogens with one attached hydrogen (secondary N) is 1. The molecule has 1 nitrogen and oxygen atoms in total. The van der Waals surface area contributed by atoms with E-state index >= 15 is 0 Å². The van der Waals surface area contributed by atoms with Crippen LogP contribution >= 0.6 is 15.9 Å². The standard InChI is InChI=1S/C13H20BrN/c1-4-12(10(2)15-3)9-11-5-7-13(14)8-6-11/h5-8,10,12,15H,4,9H2,1-3H3. The van der Waals surface area contributed by atoms with Crippen molar-refractivity contribution in [2.24, 2.45) is 5.92 Å². The predicted octanol–water partition coefficient (Wildman–Crippen LogP) is 3.63. The average molecular weight is 270 g/mol. The van der Waals surface area contributed by atoms with Crippen LogP contribution in [0.25, 0.3) is 0 Å². The van der Waals surface area contributed by atoms with Gasteiger partial charge >= 0.3 is 0 Å². The maximum Gasteiger partial charge on any atom is 0.0175 e. The molecule has 0 aliphatic carbocycles. The summed E-state index contributed by atoms with van der Waals surface area (Å²) in [6, 6.07) is 9.22. The van der Waals surface area contributed by atoms with Crippen molar-refractivity contribution in [1.29, 1.82) is 0 Å². The third kappa shape index (κ3) is 3.96. The largest absolute Gasteiger partial charge is 0.317 e. The molecule has 15 heavy (non-hydrogen) atoms. The van der Waals surface area contributed by atoms with Crippen molar-refractivity contribution < 1.29 is 0 Å². The van der Waals surface area contributed by atoms with E-state index in [1.165, 1.54) is 12.0 Å². The molecule has 0 amide bonds. The lowest BCUT2D eigenvalue weighted by Crippen LogP contribution is -2.31. The Morgan fingerprint density at radius 2 is 1.87 bits per heavy atom. The molecule has 0 aromatic heterocycles. The zero-order valence-electron chi connectivity index (χ0n) is 9.76. The Morgan fingerprint density at radius 3 is 2.33 bits per heavy atom. The lowest BCUT2D eigenvalue weighted by Gasteiger charge is -2.22. The lowest BCUT2D eigenvalue weighted by atomic mass is 9.91. The van der Waals surface area contributed by atoms with Gasteiger partial charge < -0.3 is 5.32 Å². The summed E-state index contributed by atoms with van der Waals surface area (Å²) in [5.41, 5.74) is 1.42. The SMILES string of the molecule is CCC(Cc1ccc(Br)cc1)C(C)NC. The third-order valence-corrected chi connectivity index (χ3v) is 3.63. The molecule has 0 aliphatic rings. The minimum absolute atomic E-state index is 0.582. The number of rotatable bonds is 5. The van der Waals surface area contributed by atoms with Crippen LogP contribution in [0.1, 0.15) is 25.8 Å². The summed E-state index contributed by atoms with van der Waals surface area (Å²) in [7, 11) is 2.04. The maximum atomic E-state index is 3.46. The van der Waals surface area contributed by atoms with Crippen LogP contribution in [0, 0.1) is 5.92 Å². The van der Waals surface area contributed by atoms with Crippen LogP contribution in [0.4, 0.5) is 0 Å². The van der Waals surface area contributed by atoms with Crippen LogP contribution in [-0.2, 0) is 6.42 Å². The van der Waals surface area contributed by atoms with Gasteiger partial charge in [-0.25, -0.2) is 0 Å². The second-order valence-electron chi connectivity index (χ2n) is 4.08. The molecule has 0 radical (unpaired) electrons. The Bertz CT molecular complexity index is 281. The molecule has 0 fully saturated rings. The zero-order chi connectivity index (χ0) is 11.3. The molecule has 0 aliphatic heterocycles. The highest BCUT2D eigenvalue weighted by Gasteiger charge is 2.13. The van der Waals surface area contributed by atoms with E-state index in [0.29, 0.717) is 6.04 Å². The van der Waals surface area contributed by atoms with E-state index in [9.17, 15) is 0 Å². The zero-order valence-corrected chi connectivity index (χ0v) is 11.3. The number of halogens is 1. The summed E-state index contributed by atoms with van der Waals surface area (Å²) < 4.78 is 1.15. The fraction of sp³-hybridized carbons (Fsp3) is 0.538. The van der Waals surface area contributed by atoms with E-state index in [1.807, 2.05) is 7.05 Å². The van der Waals surface area contributed by atoms with Crippen LogP contribution < -0.4 is 5.32 Å². The van der Waals surface area contributed by atoms with Crippen molar-refractivity contribution in [2.45, 2.75) is 32.7 Å². The Hall–Kier alpha value is -0.340. The second-order valence-corrected chi connectivity index (χ2v) is 4.99.